The summed E-state index contributed by atoms with van der Waals surface area (Å²) in [7, 11) is -5.10. The topological polar surface area (TPSA) is 226 Å². The molecule has 0 bridgehead atoms. The average molecular weight is 840 g/mol. The first-order valence-corrected chi connectivity index (χ1v) is 24.6. The number of phosphoric ester groups is 1. The van der Waals surface area contributed by atoms with Crippen LogP contribution in [0.25, 0.3) is 0 Å². The molecule has 8 atom stereocenters. The monoisotopic (exact) mass is 840 g/mol. The maximum atomic E-state index is 13.0. The van der Waals surface area contributed by atoms with Crippen LogP contribution in [0.2, 0.25) is 0 Å². The zero-order chi connectivity index (χ0) is 42.3. The molecule has 1 fully saturated rings. The molecule has 0 heterocycles. The number of unbranched alkanes of at least 4 members (excludes halogenated alkanes) is 25. The smallest absolute Gasteiger partial charge is 0.393 e. The predicted molar refractivity (Wildman–Crippen MR) is 224 cm³/mol. The SMILES string of the molecule is CCCCCCCCCCCCCCCCCCCCCC(O)CC(=O)NC(COP(=O)(O)OC1C(O)C(O)C(O)C(O)C1O)C(O)CCCCCCCCCC. The van der Waals surface area contributed by atoms with Crippen LogP contribution < -0.4 is 5.32 Å². The number of phosphoric acid groups is 1. The lowest BCUT2D eigenvalue weighted by Gasteiger charge is -2.41. The molecule has 0 saturated heterocycles. The summed E-state index contributed by atoms with van der Waals surface area (Å²) < 4.78 is 22.8. The number of nitrogens with one attached hydrogen (secondary N) is 1. The van der Waals surface area contributed by atoms with E-state index >= 15 is 0 Å². The van der Waals surface area contributed by atoms with Crippen molar-refractivity contribution in [2.24, 2.45) is 0 Å². The molecule has 8 unspecified atom stereocenters. The third-order valence-corrected chi connectivity index (χ3v) is 12.5. The molecule has 1 amide bonds. The molecule has 9 N–H and O–H groups in total. The highest BCUT2D eigenvalue weighted by atomic mass is 31.2. The van der Waals surface area contributed by atoms with Crippen LogP contribution in [0.1, 0.15) is 206 Å². The van der Waals surface area contributed by atoms with E-state index in [1.807, 2.05) is 0 Å². The maximum Gasteiger partial charge on any atom is 0.472 e. The summed E-state index contributed by atoms with van der Waals surface area (Å²) in [5.74, 6) is -0.559. The van der Waals surface area contributed by atoms with Gasteiger partial charge in [0.2, 0.25) is 5.91 Å². The van der Waals surface area contributed by atoms with E-state index in [2.05, 4.69) is 19.2 Å². The fraction of sp³-hybridized carbons (Fsp3) is 0.977. The Hall–Kier alpha value is -0.700. The van der Waals surface area contributed by atoms with Crippen LogP contribution in [-0.2, 0) is 18.4 Å². The number of amides is 1. The predicted octanol–water partition coefficient (Wildman–Crippen LogP) is 7.26. The van der Waals surface area contributed by atoms with E-state index in [1.165, 1.54) is 116 Å². The summed E-state index contributed by atoms with van der Waals surface area (Å²) in [5, 5.41) is 74.3. The number of aliphatic hydroxyl groups is 7. The van der Waals surface area contributed by atoms with Gasteiger partial charge in [0.05, 0.1) is 31.3 Å². The van der Waals surface area contributed by atoms with E-state index < -0.39 is 75.2 Å². The van der Waals surface area contributed by atoms with Gasteiger partial charge in [0.25, 0.3) is 0 Å². The molecular formula is C43H86NO12P. The maximum absolute atomic E-state index is 13.0. The molecule has 57 heavy (non-hydrogen) atoms. The Balaban J connectivity index is 2.40. The zero-order valence-corrected chi connectivity index (χ0v) is 36.7. The fourth-order valence-electron chi connectivity index (χ4n) is 7.66. The molecule has 0 radical (unpaired) electrons. The minimum Gasteiger partial charge on any atom is -0.393 e. The number of aliphatic hydroxyl groups excluding tert-OH is 7. The number of hydrogen-bond donors (Lipinski definition) is 9. The van der Waals surface area contributed by atoms with Crippen LogP contribution in [0.5, 0.6) is 0 Å². The molecule has 13 nitrogen and oxygen atoms in total. The number of carbonyl (C=O) groups excluding carboxylic acids is 1. The zero-order valence-electron chi connectivity index (χ0n) is 35.8. The van der Waals surface area contributed by atoms with Gasteiger partial charge < -0.3 is 46.0 Å². The van der Waals surface area contributed by atoms with Gasteiger partial charge in [-0.05, 0) is 12.8 Å². The van der Waals surface area contributed by atoms with E-state index in [4.69, 9.17) is 9.05 Å². The van der Waals surface area contributed by atoms with Crippen molar-refractivity contribution >= 4 is 13.7 Å². The van der Waals surface area contributed by atoms with Gasteiger partial charge in [-0.1, -0.05) is 187 Å². The summed E-state index contributed by atoms with van der Waals surface area (Å²) >= 11 is 0. The van der Waals surface area contributed by atoms with Crippen LogP contribution in [0.4, 0.5) is 0 Å². The first-order chi connectivity index (χ1) is 27.3. The Morgan fingerprint density at radius 1 is 0.544 bits per heavy atom. The van der Waals surface area contributed by atoms with Crippen LogP contribution in [0, 0.1) is 0 Å². The van der Waals surface area contributed by atoms with Crippen LogP contribution in [-0.4, -0.2) is 108 Å². The molecule has 1 saturated carbocycles. The van der Waals surface area contributed by atoms with Gasteiger partial charge in [0.15, 0.2) is 0 Å². The van der Waals surface area contributed by atoms with Gasteiger partial charge in [-0.25, -0.2) is 4.57 Å². The Bertz CT molecular complexity index is 995. The first-order valence-electron chi connectivity index (χ1n) is 23.1. The first kappa shape index (κ1) is 54.3. The lowest BCUT2D eigenvalue weighted by atomic mass is 9.85. The second-order valence-electron chi connectivity index (χ2n) is 16.8. The summed E-state index contributed by atoms with van der Waals surface area (Å²) in [4.78, 5) is 23.4. The second kappa shape index (κ2) is 34.0. The fourth-order valence-corrected chi connectivity index (χ4v) is 8.62. The van der Waals surface area contributed by atoms with Crippen LogP contribution in [0.15, 0.2) is 0 Å². The van der Waals surface area contributed by atoms with E-state index in [9.17, 15) is 50.0 Å². The van der Waals surface area contributed by atoms with Crippen molar-refractivity contribution in [1.29, 1.82) is 0 Å². The van der Waals surface area contributed by atoms with Crippen LogP contribution >= 0.6 is 7.82 Å². The number of carbonyl (C=O) groups is 1. The minimum absolute atomic E-state index is 0.216. The minimum atomic E-state index is -5.10. The average Bonchev–Trinajstić information content (AvgIpc) is 3.18. The molecule has 1 aliphatic rings. The molecular weight excluding hydrogens is 753 g/mol. The molecule has 340 valence electrons. The highest BCUT2D eigenvalue weighted by Crippen LogP contribution is 2.47. The quantitative estimate of drug-likeness (QED) is 0.0221. The summed E-state index contributed by atoms with van der Waals surface area (Å²) in [6, 6.07) is -1.15. The van der Waals surface area contributed by atoms with Gasteiger partial charge >= 0.3 is 7.82 Å². The van der Waals surface area contributed by atoms with Crippen molar-refractivity contribution in [2.45, 2.75) is 261 Å². The lowest BCUT2D eigenvalue weighted by Crippen LogP contribution is -2.64. The van der Waals surface area contributed by atoms with E-state index in [-0.39, 0.29) is 12.8 Å². The van der Waals surface area contributed by atoms with Crippen molar-refractivity contribution in [2.75, 3.05) is 6.61 Å². The summed E-state index contributed by atoms with van der Waals surface area (Å²) in [5.41, 5.74) is 0. The van der Waals surface area contributed by atoms with Gasteiger partial charge in [-0.3, -0.25) is 13.8 Å². The Kier molecular flexibility index (Phi) is 32.4. The van der Waals surface area contributed by atoms with Gasteiger partial charge in [0, 0.05) is 0 Å². The Labute approximate surface area is 345 Å². The third-order valence-electron chi connectivity index (χ3n) is 11.5. The number of hydrogen-bond acceptors (Lipinski definition) is 11. The molecule has 0 aromatic heterocycles. The largest absolute Gasteiger partial charge is 0.472 e. The molecule has 0 aromatic carbocycles. The highest BCUT2D eigenvalue weighted by Gasteiger charge is 2.51. The molecule has 0 aromatic rings. The molecule has 14 heteroatoms. The highest BCUT2D eigenvalue weighted by molar-refractivity contribution is 7.47. The van der Waals surface area contributed by atoms with Crippen molar-refractivity contribution in [3.8, 4) is 0 Å². The van der Waals surface area contributed by atoms with Gasteiger partial charge in [-0.2, -0.15) is 0 Å². The molecule has 1 rings (SSSR count). The van der Waals surface area contributed by atoms with Gasteiger partial charge in [-0.15, -0.1) is 0 Å². The van der Waals surface area contributed by atoms with Crippen molar-refractivity contribution in [3.63, 3.8) is 0 Å². The lowest BCUT2D eigenvalue weighted by molar-refractivity contribution is -0.220. The molecule has 0 aliphatic heterocycles. The normalized spacial score (nSPS) is 23.9. The number of rotatable bonds is 38. The molecule has 0 spiro atoms. The second-order valence-corrected chi connectivity index (χ2v) is 18.2. The van der Waals surface area contributed by atoms with E-state index in [1.54, 1.807) is 0 Å². The van der Waals surface area contributed by atoms with Gasteiger partial charge in [0.1, 0.15) is 36.6 Å². The standard InChI is InChI=1S/C43H86NO12P/c1-3-5-7-9-11-13-14-15-16-17-18-19-20-21-22-23-24-26-28-30-34(45)32-37(47)44-35(36(46)31-29-27-25-12-10-8-6-4-2)33-55-57(53,54)56-43-41(51)39(49)38(48)40(50)42(43)52/h34-36,38-43,45-46,48-52H,3-33H2,1-2H3,(H,44,47)(H,53,54). The third kappa shape index (κ3) is 26.3. The van der Waals surface area contributed by atoms with E-state index in [0.717, 1.165) is 51.4 Å². The Morgan fingerprint density at radius 3 is 1.26 bits per heavy atom. The van der Waals surface area contributed by atoms with Crippen LogP contribution in [0.3, 0.4) is 0 Å². The molecule has 1 aliphatic carbocycles. The van der Waals surface area contributed by atoms with Crippen molar-refractivity contribution < 1.29 is 59.0 Å². The van der Waals surface area contributed by atoms with Crippen molar-refractivity contribution in [1.82, 2.24) is 5.32 Å². The van der Waals surface area contributed by atoms with Crippen molar-refractivity contribution in [3.05, 3.63) is 0 Å². The van der Waals surface area contributed by atoms with E-state index in [0.29, 0.717) is 12.8 Å². The Morgan fingerprint density at radius 2 is 0.877 bits per heavy atom. The summed E-state index contributed by atoms with van der Waals surface area (Å²) in [6.45, 7) is 3.74. The summed E-state index contributed by atoms with van der Waals surface area (Å²) in [6.07, 6.45) is 19.0.